The van der Waals surface area contributed by atoms with Gasteiger partial charge in [-0.1, -0.05) is 18.2 Å². The smallest absolute Gasteiger partial charge is 0.242 e. The summed E-state index contributed by atoms with van der Waals surface area (Å²) in [5.41, 5.74) is 1.01. The summed E-state index contributed by atoms with van der Waals surface area (Å²) in [5.74, 6) is 0.970. The predicted molar refractivity (Wildman–Crippen MR) is 83.6 cm³/mol. The van der Waals surface area contributed by atoms with Gasteiger partial charge in [-0.05, 0) is 24.3 Å². The van der Waals surface area contributed by atoms with Gasteiger partial charge in [0.05, 0.1) is 32.6 Å². The van der Waals surface area contributed by atoms with E-state index in [1.165, 1.54) is 0 Å². The Morgan fingerprint density at radius 2 is 1.86 bits per heavy atom. The van der Waals surface area contributed by atoms with Crippen LogP contribution in [0.3, 0.4) is 0 Å². The lowest BCUT2D eigenvalue weighted by atomic mass is 10.2. The lowest BCUT2D eigenvalue weighted by Gasteiger charge is -2.30. The van der Waals surface area contributed by atoms with Crippen molar-refractivity contribution in [3.63, 3.8) is 0 Å². The molecule has 0 atom stereocenters. The second-order valence-corrected chi connectivity index (χ2v) is 5.26. The van der Waals surface area contributed by atoms with Gasteiger partial charge in [0, 0.05) is 18.8 Å². The molecule has 0 aliphatic carbocycles. The summed E-state index contributed by atoms with van der Waals surface area (Å²) in [4.78, 5) is 16.4. The van der Waals surface area contributed by atoms with Crippen LogP contribution in [-0.4, -0.2) is 43.7 Å². The van der Waals surface area contributed by atoms with Crippen LogP contribution in [0, 0.1) is 0 Å². The number of hydrogen-bond acceptors (Lipinski definition) is 4. The molecule has 5 heteroatoms. The van der Waals surface area contributed by atoms with Gasteiger partial charge in [0.2, 0.25) is 5.91 Å². The number of rotatable bonds is 5. The monoisotopic (exact) mass is 300 g/mol. The molecule has 5 nitrogen and oxygen atoms in total. The average Bonchev–Trinajstić information content (AvgIpc) is 3.09. The van der Waals surface area contributed by atoms with Gasteiger partial charge in [0.15, 0.2) is 0 Å². The molecule has 1 aromatic heterocycles. The van der Waals surface area contributed by atoms with E-state index in [2.05, 4.69) is 0 Å². The maximum atomic E-state index is 12.5. The number of morpholine rings is 1. The lowest BCUT2D eigenvalue weighted by molar-refractivity contribution is -0.133. The fourth-order valence-electron chi connectivity index (χ4n) is 2.54. The molecular weight excluding hydrogens is 280 g/mol. The third-order valence-electron chi connectivity index (χ3n) is 3.74. The number of carbonyl (C=O) groups excluding carboxylic acids is 1. The number of carbonyl (C=O) groups is 1. The molecular formula is C17H20N2O3. The zero-order valence-corrected chi connectivity index (χ0v) is 12.5. The van der Waals surface area contributed by atoms with Crippen LogP contribution in [-0.2, 0) is 16.1 Å². The number of amides is 1. The quantitative estimate of drug-likeness (QED) is 0.849. The molecule has 116 valence electrons. The highest BCUT2D eigenvalue weighted by molar-refractivity contribution is 5.81. The summed E-state index contributed by atoms with van der Waals surface area (Å²) >= 11 is 0. The van der Waals surface area contributed by atoms with Crippen LogP contribution >= 0.6 is 0 Å². The van der Waals surface area contributed by atoms with Crippen molar-refractivity contribution in [2.75, 3.05) is 37.7 Å². The number of hydrogen-bond donors (Lipinski definition) is 0. The maximum Gasteiger partial charge on any atom is 0.242 e. The molecule has 2 aromatic rings. The molecule has 1 saturated heterocycles. The number of anilines is 1. The molecule has 1 amide bonds. The van der Waals surface area contributed by atoms with Gasteiger partial charge in [-0.3, -0.25) is 4.79 Å². The van der Waals surface area contributed by atoms with Crippen molar-refractivity contribution in [1.82, 2.24) is 4.90 Å². The minimum atomic E-state index is 0.124. The molecule has 1 aliphatic rings. The Morgan fingerprint density at radius 3 is 2.55 bits per heavy atom. The molecule has 1 aliphatic heterocycles. The third-order valence-corrected chi connectivity index (χ3v) is 3.74. The fourth-order valence-corrected chi connectivity index (χ4v) is 2.54. The summed E-state index contributed by atoms with van der Waals surface area (Å²) in [5, 5.41) is 0. The van der Waals surface area contributed by atoms with Crippen LogP contribution < -0.4 is 4.90 Å². The molecule has 22 heavy (non-hydrogen) atoms. The largest absolute Gasteiger partial charge is 0.467 e. The van der Waals surface area contributed by atoms with Gasteiger partial charge >= 0.3 is 0 Å². The van der Waals surface area contributed by atoms with Crippen molar-refractivity contribution in [1.29, 1.82) is 0 Å². The van der Waals surface area contributed by atoms with E-state index in [9.17, 15) is 4.79 Å². The summed E-state index contributed by atoms with van der Waals surface area (Å²) in [6.07, 6.45) is 1.66. The van der Waals surface area contributed by atoms with Gasteiger partial charge in [0.25, 0.3) is 0 Å². The maximum absolute atomic E-state index is 12.5. The molecule has 0 saturated carbocycles. The Balaban J connectivity index is 1.71. The highest BCUT2D eigenvalue weighted by atomic mass is 16.5. The second-order valence-electron chi connectivity index (χ2n) is 5.26. The van der Waals surface area contributed by atoms with E-state index < -0.39 is 0 Å². The third kappa shape index (κ3) is 3.68. The minimum absolute atomic E-state index is 0.124. The highest BCUT2D eigenvalue weighted by Gasteiger charge is 2.20. The number of benzene rings is 1. The first-order valence-electron chi connectivity index (χ1n) is 7.51. The summed E-state index contributed by atoms with van der Waals surface area (Å²) < 4.78 is 10.7. The van der Waals surface area contributed by atoms with E-state index in [4.69, 9.17) is 9.15 Å². The molecule has 1 aromatic carbocycles. The van der Waals surface area contributed by atoms with Crippen LogP contribution in [0.15, 0.2) is 53.1 Å². The van der Waals surface area contributed by atoms with Gasteiger partial charge in [-0.15, -0.1) is 0 Å². The van der Waals surface area contributed by atoms with Gasteiger partial charge in [-0.25, -0.2) is 0 Å². The van der Waals surface area contributed by atoms with E-state index in [1.807, 2.05) is 52.3 Å². The average molecular weight is 300 g/mol. The Hall–Kier alpha value is -2.27. The van der Waals surface area contributed by atoms with Crippen molar-refractivity contribution in [2.24, 2.45) is 0 Å². The summed E-state index contributed by atoms with van der Waals surface area (Å²) in [7, 11) is 0. The first-order chi connectivity index (χ1) is 10.8. The Labute approximate surface area is 130 Å². The molecule has 0 bridgehead atoms. The summed E-state index contributed by atoms with van der Waals surface area (Å²) in [6.45, 7) is 3.49. The van der Waals surface area contributed by atoms with E-state index in [0.717, 1.165) is 11.4 Å². The predicted octanol–water partition coefficient (Wildman–Crippen LogP) is 2.15. The minimum Gasteiger partial charge on any atom is -0.467 e. The van der Waals surface area contributed by atoms with Crippen LogP contribution in [0.4, 0.5) is 5.69 Å². The number of furan rings is 1. The van der Waals surface area contributed by atoms with Crippen LogP contribution in [0.1, 0.15) is 5.76 Å². The first-order valence-corrected chi connectivity index (χ1v) is 7.51. The molecule has 0 unspecified atom stereocenters. The van der Waals surface area contributed by atoms with Crippen molar-refractivity contribution in [3.8, 4) is 0 Å². The number of para-hydroxylation sites is 1. The van der Waals surface area contributed by atoms with Crippen LogP contribution in [0.5, 0.6) is 0 Å². The van der Waals surface area contributed by atoms with Crippen molar-refractivity contribution < 1.29 is 13.9 Å². The molecule has 3 rings (SSSR count). The Kier molecular flexibility index (Phi) is 4.75. The summed E-state index contributed by atoms with van der Waals surface area (Å²) in [6, 6.07) is 13.7. The second kappa shape index (κ2) is 7.13. The fraction of sp³-hybridized carbons (Fsp3) is 0.353. The molecule has 0 radical (unpaired) electrons. The Morgan fingerprint density at radius 1 is 1.09 bits per heavy atom. The highest BCUT2D eigenvalue weighted by Crippen LogP contribution is 2.17. The Bertz CT molecular complexity index is 577. The normalized spacial score (nSPS) is 14.8. The van der Waals surface area contributed by atoms with Gasteiger partial charge < -0.3 is 19.0 Å². The van der Waals surface area contributed by atoms with E-state index in [-0.39, 0.29) is 5.91 Å². The van der Waals surface area contributed by atoms with Gasteiger partial charge in [0.1, 0.15) is 5.76 Å². The van der Waals surface area contributed by atoms with Crippen molar-refractivity contribution in [3.05, 3.63) is 54.5 Å². The zero-order valence-electron chi connectivity index (χ0n) is 12.5. The van der Waals surface area contributed by atoms with Crippen molar-refractivity contribution in [2.45, 2.75) is 6.54 Å². The standard InChI is InChI=1S/C17H20N2O3/c20-17(18-8-11-21-12-9-18)14-19(13-16-7-4-10-22-16)15-5-2-1-3-6-15/h1-7,10H,8-9,11-14H2. The molecule has 2 heterocycles. The molecule has 0 spiro atoms. The number of nitrogens with zero attached hydrogens (tertiary/aromatic N) is 2. The zero-order chi connectivity index (χ0) is 15.2. The number of ether oxygens (including phenoxy) is 1. The topological polar surface area (TPSA) is 45.9 Å². The van der Waals surface area contributed by atoms with E-state index >= 15 is 0 Å². The first kappa shape index (κ1) is 14.7. The van der Waals surface area contributed by atoms with E-state index in [0.29, 0.717) is 39.4 Å². The SMILES string of the molecule is O=C(CN(Cc1ccco1)c1ccccc1)N1CCOCC1. The van der Waals surface area contributed by atoms with Crippen LogP contribution in [0.25, 0.3) is 0 Å². The molecule has 0 N–H and O–H groups in total. The van der Waals surface area contributed by atoms with E-state index in [1.54, 1.807) is 6.26 Å². The van der Waals surface area contributed by atoms with Gasteiger partial charge in [-0.2, -0.15) is 0 Å². The van der Waals surface area contributed by atoms with Crippen LogP contribution in [0.2, 0.25) is 0 Å². The van der Waals surface area contributed by atoms with Crippen molar-refractivity contribution >= 4 is 11.6 Å². The lowest BCUT2D eigenvalue weighted by Crippen LogP contribution is -2.45. The molecule has 1 fully saturated rings.